The van der Waals surface area contributed by atoms with Gasteiger partial charge in [-0.1, -0.05) is 36.4 Å². The molecule has 1 amide bonds. The number of amides is 1. The number of carbonyl (C=O) groups is 1. The number of aromatic nitrogens is 1. The van der Waals surface area contributed by atoms with Crippen LogP contribution in [0, 0.1) is 0 Å². The van der Waals surface area contributed by atoms with Gasteiger partial charge >= 0.3 is 0 Å². The van der Waals surface area contributed by atoms with Gasteiger partial charge in [-0.2, -0.15) is 0 Å². The molecule has 0 radical (unpaired) electrons. The zero-order chi connectivity index (χ0) is 15.6. The van der Waals surface area contributed by atoms with Crippen molar-refractivity contribution < 1.29 is 4.79 Å². The molecule has 4 rings (SSSR count). The third-order valence-corrected chi connectivity index (χ3v) is 3.90. The van der Waals surface area contributed by atoms with Crippen LogP contribution in [0.2, 0.25) is 0 Å². The first-order valence-corrected chi connectivity index (χ1v) is 7.45. The summed E-state index contributed by atoms with van der Waals surface area (Å²) in [5.41, 5.74) is 4.42. The standard InChI is InChI=1S/C20H14N2O/c23-20-18(14-15-10-12-21-13-11-15)17-8-4-5-9-19(17)22(20)16-6-2-1-3-7-16/h1-14H. The highest BCUT2D eigenvalue weighted by Crippen LogP contribution is 2.41. The molecule has 1 aliphatic heterocycles. The smallest absolute Gasteiger partial charge is 0.263 e. The Labute approximate surface area is 134 Å². The fourth-order valence-corrected chi connectivity index (χ4v) is 2.84. The number of rotatable bonds is 2. The van der Waals surface area contributed by atoms with Crippen LogP contribution in [0.5, 0.6) is 0 Å². The molecule has 0 fully saturated rings. The third-order valence-electron chi connectivity index (χ3n) is 3.90. The highest BCUT2D eigenvalue weighted by Gasteiger charge is 2.32. The molecule has 2 heterocycles. The lowest BCUT2D eigenvalue weighted by molar-refractivity contribution is -0.112. The second-order valence-corrected chi connectivity index (χ2v) is 5.33. The maximum absolute atomic E-state index is 13.0. The van der Waals surface area contributed by atoms with Crippen LogP contribution >= 0.6 is 0 Å². The van der Waals surface area contributed by atoms with Crippen molar-refractivity contribution in [3.05, 3.63) is 90.3 Å². The lowest BCUT2D eigenvalue weighted by Crippen LogP contribution is -2.20. The van der Waals surface area contributed by atoms with E-state index in [1.807, 2.05) is 72.8 Å². The van der Waals surface area contributed by atoms with Crippen LogP contribution in [0.1, 0.15) is 11.1 Å². The molecule has 0 saturated carbocycles. The molecule has 1 aliphatic rings. The molecule has 3 aromatic rings. The molecule has 110 valence electrons. The third kappa shape index (κ3) is 2.32. The first-order valence-electron chi connectivity index (χ1n) is 7.45. The Morgan fingerprint density at radius 2 is 1.52 bits per heavy atom. The van der Waals surface area contributed by atoms with Crippen molar-refractivity contribution in [1.29, 1.82) is 0 Å². The average Bonchev–Trinajstić information content (AvgIpc) is 2.89. The summed E-state index contributed by atoms with van der Waals surface area (Å²) < 4.78 is 0. The molecule has 3 nitrogen and oxygen atoms in total. The summed E-state index contributed by atoms with van der Waals surface area (Å²) in [6.45, 7) is 0. The summed E-state index contributed by atoms with van der Waals surface area (Å²) in [5, 5.41) is 0. The second kappa shape index (κ2) is 5.54. The number of anilines is 2. The van der Waals surface area contributed by atoms with Gasteiger partial charge in [0.1, 0.15) is 0 Å². The Morgan fingerprint density at radius 3 is 2.30 bits per heavy atom. The zero-order valence-corrected chi connectivity index (χ0v) is 12.4. The molecule has 0 saturated heterocycles. The molecule has 23 heavy (non-hydrogen) atoms. The van der Waals surface area contributed by atoms with Gasteiger partial charge in [-0.15, -0.1) is 0 Å². The van der Waals surface area contributed by atoms with Crippen molar-refractivity contribution in [2.45, 2.75) is 0 Å². The molecule has 0 aliphatic carbocycles. The summed E-state index contributed by atoms with van der Waals surface area (Å²) in [6, 6.07) is 21.4. The molecule has 0 atom stereocenters. The van der Waals surface area contributed by atoms with Crippen molar-refractivity contribution in [1.82, 2.24) is 4.98 Å². The number of benzene rings is 2. The van der Waals surface area contributed by atoms with Crippen molar-refractivity contribution in [3.8, 4) is 0 Å². The Morgan fingerprint density at radius 1 is 0.826 bits per heavy atom. The van der Waals surface area contributed by atoms with Gasteiger partial charge in [-0.05, 0) is 42.0 Å². The molecule has 1 aromatic heterocycles. The lowest BCUT2D eigenvalue weighted by Gasteiger charge is -2.16. The van der Waals surface area contributed by atoms with E-state index >= 15 is 0 Å². The van der Waals surface area contributed by atoms with Gasteiger partial charge in [-0.3, -0.25) is 14.7 Å². The highest BCUT2D eigenvalue weighted by molar-refractivity contribution is 6.37. The Balaban J connectivity index is 1.87. The van der Waals surface area contributed by atoms with E-state index in [9.17, 15) is 4.79 Å². The zero-order valence-electron chi connectivity index (χ0n) is 12.4. The van der Waals surface area contributed by atoms with E-state index in [1.54, 1.807) is 17.3 Å². The van der Waals surface area contributed by atoms with E-state index < -0.39 is 0 Å². The topological polar surface area (TPSA) is 33.2 Å². The van der Waals surface area contributed by atoms with Crippen molar-refractivity contribution in [3.63, 3.8) is 0 Å². The van der Waals surface area contributed by atoms with E-state index in [0.29, 0.717) is 5.57 Å². The van der Waals surface area contributed by atoms with Crippen LogP contribution < -0.4 is 4.90 Å². The maximum Gasteiger partial charge on any atom is 0.263 e. The first-order chi connectivity index (χ1) is 11.3. The minimum atomic E-state index is -0.00536. The number of para-hydroxylation sites is 2. The largest absolute Gasteiger partial charge is 0.276 e. The average molecular weight is 298 g/mol. The van der Waals surface area contributed by atoms with Crippen LogP contribution in [0.4, 0.5) is 11.4 Å². The minimum Gasteiger partial charge on any atom is -0.276 e. The number of pyridine rings is 1. The monoisotopic (exact) mass is 298 g/mol. The number of fused-ring (bicyclic) bond motifs is 1. The molecule has 0 unspecified atom stereocenters. The van der Waals surface area contributed by atoms with Gasteiger partial charge in [0.25, 0.3) is 5.91 Å². The Hall–Kier alpha value is -3.20. The van der Waals surface area contributed by atoms with E-state index in [2.05, 4.69) is 4.98 Å². The van der Waals surface area contributed by atoms with E-state index in [1.165, 1.54) is 0 Å². The fourth-order valence-electron chi connectivity index (χ4n) is 2.84. The summed E-state index contributed by atoms with van der Waals surface area (Å²) in [4.78, 5) is 18.8. The van der Waals surface area contributed by atoms with E-state index in [-0.39, 0.29) is 5.91 Å². The Bertz CT molecular complexity index is 886. The highest BCUT2D eigenvalue weighted by atomic mass is 16.2. The van der Waals surface area contributed by atoms with Crippen LogP contribution in [0.15, 0.2) is 79.1 Å². The van der Waals surface area contributed by atoms with Gasteiger partial charge < -0.3 is 0 Å². The maximum atomic E-state index is 13.0. The predicted octanol–water partition coefficient (Wildman–Crippen LogP) is 4.30. The lowest BCUT2D eigenvalue weighted by atomic mass is 10.0. The van der Waals surface area contributed by atoms with Crippen molar-refractivity contribution >= 4 is 28.9 Å². The van der Waals surface area contributed by atoms with Gasteiger partial charge in [0, 0.05) is 23.6 Å². The van der Waals surface area contributed by atoms with Crippen LogP contribution in [0.3, 0.4) is 0 Å². The van der Waals surface area contributed by atoms with Gasteiger partial charge in [0.2, 0.25) is 0 Å². The summed E-state index contributed by atoms with van der Waals surface area (Å²) in [5.74, 6) is -0.00536. The van der Waals surface area contributed by atoms with Crippen LogP contribution in [0.25, 0.3) is 11.6 Å². The molecule has 3 heteroatoms. The van der Waals surface area contributed by atoms with Crippen LogP contribution in [-0.2, 0) is 4.79 Å². The SMILES string of the molecule is O=C1C(=Cc2ccncc2)c2ccccc2N1c1ccccc1. The van der Waals surface area contributed by atoms with Gasteiger partial charge in [-0.25, -0.2) is 0 Å². The number of hydrogen-bond donors (Lipinski definition) is 0. The van der Waals surface area contributed by atoms with E-state index in [0.717, 1.165) is 22.5 Å². The number of hydrogen-bond acceptors (Lipinski definition) is 2. The van der Waals surface area contributed by atoms with Crippen molar-refractivity contribution in [2.75, 3.05) is 4.90 Å². The molecule has 0 N–H and O–H groups in total. The normalized spacial score (nSPS) is 15.0. The fraction of sp³-hybridized carbons (Fsp3) is 0. The van der Waals surface area contributed by atoms with Crippen LogP contribution in [-0.4, -0.2) is 10.9 Å². The molecule has 0 spiro atoms. The second-order valence-electron chi connectivity index (χ2n) is 5.33. The summed E-state index contributed by atoms with van der Waals surface area (Å²) >= 11 is 0. The molecule has 0 bridgehead atoms. The first kappa shape index (κ1) is 13.5. The Kier molecular flexibility index (Phi) is 3.24. The number of nitrogens with zero attached hydrogens (tertiary/aromatic N) is 2. The minimum absolute atomic E-state index is 0.00536. The van der Waals surface area contributed by atoms with E-state index in [4.69, 9.17) is 0 Å². The molecule has 2 aromatic carbocycles. The quantitative estimate of drug-likeness (QED) is 0.661. The number of carbonyl (C=O) groups excluding carboxylic acids is 1. The molecular formula is C20H14N2O. The van der Waals surface area contributed by atoms with Gasteiger partial charge in [0.15, 0.2) is 0 Å². The summed E-state index contributed by atoms with van der Waals surface area (Å²) in [7, 11) is 0. The summed E-state index contributed by atoms with van der Waals surface area (Å²) in [6.07, 6.45) is 5.38. The van der Waals surface area contributed by atoms with Gasteiger partial charge in [0.05, 0.1) is 11.3 Å². The van der Waals surface area contributed by atoms with Crippen molar-refractivity contribution in [2.24, 2.45) is 0 Å². The molecular weight excluding hydrogens is 284 g/mol. The predicted molar refractivity (Wildman–Crippen MR) is 92.1 cm³/mol.